The molecule has 52 heavy (non-hydrogen) atoms. The fourth-order valence-corrected chi connectivity index (χ4v) is 9.59. The average molecular weight is 918 g/mol. The van der Waals surface area contributed by atoms with Crippen molar-refractivity contribution in [3.05, 3.63) is 162 Å². The predicted molar refractivity (Wildman–Crippen MR) is 212 cm³/mol. The molecule has 8 rings (SSSR count). The summed E-state index contributed by atoms with van der Waals surface area (Å²) in [6.07, 6.45) is 5.02. The Morgan fingerprint density at radius 3 is 2.06 bits per heavy atom. The average Bonchev–Trinajstić information content (AvgIpc) is 3.49. The summed E-state index contributed by atoms with van der Waals surface area (Å²) in [7, 11) is 0. The number of rotatable bonds is 6. The van der Waals surface area contributed by atoms with Crippen molar-refractivity contribution in [2.45, 2.75) is 44.5 Å². The van der Waals surface area contributed by atoms with Gasteiger partial charge in [-0.2, -0.15) is 0 Å². The van der Waals surface area contributed by atoms with E-state index in [1.165, 1.54) is 26.6 Å². The molecule has 261 valence electrons. The van der Waals surface area contributed by atoms with E-state index in [0.717, 1.165) is 62.4 Å². The molecular weight excluding hydrogens is 877 g/mol. The van der Waals surface area contributed by atoms with Crippen LogP contribution in [-0.4, -0.2) is 33.2 Å². The zero-order chi connectivity index (χ0) is 35.5. The van der Waals surface area contributed by atoms with Crippen molar-refractivity contribution in [2.24, 2.45) is 0 Å². The Balaban J connectivity index is 0.000000179. The number of hydrogen-bond donors (Lipinski definition) is 0. The number of aryl methyl sites for hydroxylation is 3. The van der Waals surface area contributed by atoms with E-state index in [9.17, 15) is 0 Å². The van der Waals surface area contributed by atoms with E-state index in [2.05, 4.69) is 113 Å². The molecule has 7 heteroatoms. The Labute approximate surface area is 322 Å². The van der Waals surface area contributed by atoms with Crippen LogP contribution in [0.2, 0.25) is 17.3 Å². The summed E-state index contributed by atoms with van der Waals surface area (Å²) in [6.45, 7) is 6.01. The van der Waals surface area contributed by atoms with E-state index in [4.69, 9.17) is 14.4 Å². The van der Waals surface area contributed by atoms with Gasteiger partial charge in [0, 0.05) is 31.9 Å². The molecule has 0 amide bonds. The van der Waals surface area contributed by atoms with Gasteiger partial charge in [-0.25, -0.2) is 9.97 Å². The number of nitrogens with zero attached hydrogens (tertiary/aromatic N) is 4. The molecule has 0 N–H and O–H groups in total. The standard InChI is InChI=1S/C24H18N3O.C21H22GeN.Ir/c1-14-11-21(25-13-20(14)17-7-5-4-6-8-17)18-9-10-22-19(12-18)23-24(28-22)27-16(3)15(2)26-23;1-22(2,3)20-16-23-21(18-12-8-5-9-13-18)15-19(20)14-17-10-6-4-7-11-17;/h4-8,10-13H,1-3H3;4-12,15-16H,14H2,1-3H3;/q2*-1;. The third kappa shape index (κ3) is 8.15. The largest absolute Gasteiger partial charge is 0 e. The molecule has 8 aromatic rings. The third-order valence-electron chi connectivity index (χ3n) is 9.14. The summed E-state index contributed by atoms with van der Waals surface area (Å²) in [5, 5.41) is 0.936. The van der Waals surface area contributed by atoms with Crippen LogP contribution < -0.4 is 4.40 Å². The molecule has 0 atom stereocenters. The first-order valence-corrected chi connectivity index (χ1v) is 24.6. The first-order valence-electron chi connectivity index (χ1n) is 17.3. The van der Waals surface area contributed by atoms with Crippen molar-refractivity contribution in [1.82, 2.24) is 19.9 Å². The van der Waals surface area contributed by atoms with Crippen molar-refractivity contribution in [3.8, 4) is 33.6 Å². The molecule has 4 aromatic carbocycles. The molecule has 0 spiro atoms. The Morgan fingerprint density at radius 2 is 1.37 bits per heavy atom. The van der Waals surface area contributed by atoms with Gasteiger partial charge in [-0.3, -0.25) is 0 Å². The van der Waals surface area contributed by atoms with Crippen LogP contribution in [0.3, 0.4) is 0 Å². The van der Waals surface area contributed by atoms with Crippen molar-refractivity contribution < 1.29 is 24.5 Å². The molecule has 0 saturated carbocycles. The van der Waals surface area contributed by atoms with E-state index in [-0.39, 0.29) is 20.1 Å². The molecule has 0 aliphatic carbocycles. The number of pyridine rings is 2. The van der Waals surface area contributed by atoms with Crippen LogP contribution in [0.15, 0.2) is 126 Å². The Kier molecular flexibility index (Phi) is 11.3. The fraction of sp³-hybridized carbons (Fsp3) is 0.156. The van der Waals surface area contributed by atoms with Crippen LogP contribution in [0, 0.1) is 32.9 Å². The summed E-state index contributed by atoms with van der Waals surface area (Å²) < 4.78 is 7.35. The molecule has 0 unspecified atom stereocenters. The molecular formula is C45H40GeIrN4O-2. The molecule has 5 nitrogen and oxygen atoms in total. The zero-order valence-electron chi connectivity index (χ0n) is 30.3. The number of aromatic nitrogens is 4. The SMILES string of the molecule is Cc1cc(-c2[c-]cc3oc4nc(C)c(C)nc4c3c2)ncc1-c1ccccc1.[CH3][Ge]([CH3])([CH3])[c]1cnc(-c2[c-]cccc2)cc1Cc1ccccc1.[Ir]. The van der Waals surface area contributed by atoms with Gasteiger partial charge in [0.2, 0.25) is 5.71 Å². The van der Waals surface area contributed by atoms with E-state index in [1.54, 1.807) is 0 Å². The fourth-order valence-electron chi connectivity index (χ4n) is 6.29. The molecule has 4 aromatic heterocycles. The van der Waals surface area contributed by atoms with E-state index in [1.807, 2.05) is 68.6 Å². The van der Waals surface area contributed by atoms with E-state index in [0.29, 0.717) is 5.71 Å². The molecule has 0 fully saturated rings. The second-order valence-electron chi connectivity index (χ2n) is 13.9. The summed E-state index contributed by atoms with van der Waals surface area (Å²) >= 11 is -1.96. The van der Waals surface area contributed by atoms with Crippen LogP contribution >= 0.6 is 0 Å². The number of hydrogen-bond acceptors (Lipinski definition) is 5. The van der Waals surface area contributed by atoms with Crippen LogP contribution in [0.5, 0.6) is 0 Å². The van der Waals surface area contributed by atoms with Crippen molar-refractivity contribution in [3.63, 3.8) is 0 Å². The molecule has 0 aliphatic heterocycles. The summed E-state index contributed by atoms with van der Waals surface area (Å²) in [4.78, 5) is 18.6. The third-order valence-corrected chi connectivity index (χ3v) is 13.5. The van der Waals surface area contributed by atoms with Gasteiger partial charge in [0.1, 0.15) is 5.52 Å². The van der Waals surface area contributed by atoms with E-state index < -0.39 is 13.3 Å². The quantitative estimate of drug-likeness (QED) is 0.123. The second-order valence-corrected chi connectivity index (χ2v) is 24.5. The molecule has 1 radical (unpaired) electrons. The maximum absolute atomic E-state index is 5.85. The molecule has 0 saturated heterocycles. The predicted octanol–water partition coefficient (Wildman–Crippen LogP) is 10.5. The van der Waals surface area contributed by atoms with Crippen LogP contribution in [0.4, 0.5) is 0 Å². The Bertz CT molecular complexity index is 2460. The molecule has 4 heterocycles. The first-order chi connectivity index (χ1) is 24.6. The smallest absolute Gasteiger partial charge is 0 e. The summed E-state index contributed by atoms with van der Waals surface area (Å²) in [5.41, 5.74) is 14.0. The van der Waals surface area contributed by atoms with Crippen molar-refractivity contribution in [1.29, 1.82) is 0 Å². The van der Waals surface area contributed by atoms with Crippen LogP contribution in [0.1, 0.15) is 28.1 Å². The van der Waals surface area contributed by atoms with Crippen LogP contribution in [-0.2, 0) is 26.5 Å². The normalized spacial score (nSPS) is 11.2. The minimum absolute atomic E-state index is 0. The van der Waals surface area contributed by atoms with Gasteiger partial charge < -0.3 is 9.40 Å². The monoisotopic (exact) mass is 919 g/mol. The number of furan rings is 1. The maximum Gasteiger partial charge on any atom is 0 e. The first kappa shape index (κ1) is 37.0. The maximum atomic E-state index is 5.85. The Morgan fingerprint density at radius 1 is 0.692 bits per heavy atom. The van der Waals surface area contributed by atoms with E-state index >= 15 is 0 Å². The second kappa shape index (κ2) is 15.9. The van der Waals surface area contributed by atoms with Crippen molar-refractivity contribution >= 4 is 39.9 Å². The Hall–Kier alpha value is -4.75. The van der Waals surface area contributed by atoms with Gasteiger partial charge in [0.25, 0.3) is 0 Å². The van der Waals surface area contributed by atoms with Gasteiger partial charge >= 0.3 is 142 Å². The van der Waals surface area contributed by atoms with Gasteiger partial charge in [-0.1, -0.05) is 36.4 Å². The summed E-state index contributed by atoms with van der Waals surface area (Å²) in [6, 6.07) is 43.9. The minimum atomic E-state index is -1.96. The molecule has 0 aliphatic rings. The minimum Gasteiger partial charge on any atom is 0 e. The topological polar surface area (TPSA) is 64.7 Å². The van der Waals surface area contributed by atoms with Gasteiger partial charge in [0.05, 0.1) is 17.0 Å². The zero-order valence-corrected chi connectivity index (χ0v) is 34.8. The van der Waals surface area contributed by atoms with Gasteiger partial charge in [-0.15, -0.1) is 23.8 Å². The summed E-state index contributed by atoms with van der Waals surface area (Å²) in [5.74, 6) is 7.29. The number of benzene rings is 4. The van der Waals surface area contributed by atoms with Gasteiger partial charge in [-0.05, 0) is 43.0 Å². The van der Waals surface area contributed by atoms with Crippen LogP contribution in [0.25, 0.3) is 55.8 Å². The number of fused-ring (bicyclic) bond motifs is 3. The van der Waals surface area contributed by atoms with Gasteiger partial charge in [0.15, 0.2) is 0 Å². The molecule has 0 bridgehead atoms. The van der Waals surface area contributed by atoms with Crippen molar-refractivity contribution in [2.75, 3.05) is 0 Å².